The number of morpholine rings is 1. The van der Waals surface area contributed by atoms with E-state index in [0.29, 0.717) is 31.1 Å². The van der Waals surface area contributed by atoms with Crippen molar-refractivity contribution in [2.45, 2.75) is 0 Å². The first kappa shape index (κ1) is 22.6. The van der Waals surface area contributed by atoms with Gasteiger partial charge in [0.15, 0.2) is 5.13 Å². The smallest absolute Gasteiger partial charge is 0.289 e. The first-order valence-corrected chi connectivity index (χ1v) is 11.4. The van der Waals surface area contributed by atoms with Gasteiger partial charge in [0.25, 0.3) is 11.8 Å². The van der Waals surface area contributed by atoms with Crippen molar-refractivity contribution < 1.29 is 23.8 Å². The average Bonchev–Trinajstić information content (AvgIpc) is 3.37. The molecule has 1 aliphatic heterocycles. The maximum absolute atomic E-state index is 12.6. The number of rotatable bonds is 8. The summed E-state index contributed by atoms with van der Waals surface area (Å²) in [6.45, 7) is 3.33. The number of carbonyl (C=O) groups is 2. The van der Waals surface area contributed by atoms with Crippen LogP contribution in [0.5, 0.6) is 11.5 Å². The Bertz CT molecular complexity index is 1070. The number of benzene rings is 2. The molecule has 2 amide bonds. The molecule has 2 aromatic carbocycles. The minimum absolute atomic E-state index is 0.240. The van der Waals surface area contributed by atoms with Gasteiger partial charge in [0.1, 0.15) is 30.4 Å². The number of ether oxygens (including phenoxy) is 3. The molecule has 172 valence electrons. The molecule has 1 fully saturated rings. The van der Waals surface area contributed by atoms with Gasteiger partial charge in [0, 0.05) is 18.5 Å². The summed E-state index contributed by atoms with van der Waals surface area (Å²) in [5.41, 5.74) is 5.37. The van der Waals surface area contributed by atoms with Gasteiger partial charge in [0.2, 0.25) is 0 Å². The Morgan fingerprint density at radius 3 is 2.45 bits per heavy atom. The average molecular weight is 469 g/mol. The molecule has 0 atom stereocenters. The fourth-order valence-corrected chi connectivity index (χ4v) is 3.98. The molecule has 33 heavy (non-hydrogen) atoms. The first-order valence-electron chi connectivity index (χ1n) is 10.5. The van der Waals surface area contributed by atoms with Crippen LogP contribution < -0.4 is 25.2 Å². The molecule has 1 saturated heterocycles. The van der Waals surface area contributed by atoms with Gasteiger partial charge in [-0.25, -0.2) is 4.98 Å². The zero-order chi connectivity index (χ0) is 22.9. The summed E-state index contributed by atoms with van der Waals surface area (Å²) >= 11 is 1.38. The summed E-state index contributed by atoms with van der Waals surface area (Å²) in [5, 5.41) is 2.42. The second-order valence-electron chi connectivity index (χ2n) is 7.03. The van der Waals surface area contributed by atoms with Crippen LogP contribution >= 0.6 is 11.3 Å². The fraction of sp³-hybridized carbons (Fsp3) is 0.261. The Balaban J connectivity index is 1.27. The Hall–Kier alpha value is -3.63. The Kier molecular flexibility index (Phi) is 7.72. The zero-order valence-electron chi connectivity index (χ0n) is 17.9. The first-order chi connectivity index (χ1) is 16.2. The van der Waals surface area contributed by atoms with E-state index in [0.717, 1.165) is 24.0 Å². The third kappa shape index (κ3) is 6.21. The maximum atomic E-state index is 12.6. The van der Waals surface area contributed by atoms with Crippen LogP contribution in [0, 0.1) is 0 Å². The molecule has 2 heterocycles. The molecule has 1 aliphatic rings. The minimum atomic E-state index is -0.494. The number of hydrazine groups is 1. The van der Waals surface area contributed by atoms with Crippen LogP contribution in [0.15, 0.2) is 60.0 Å². The van der Waals surface area contributed by atoms with E-state index in [4.69, 9.17) is 14.2 Å². The van der Waals surface area contributed by atoms with E-state index in [1.165, 1.54) is 11.3 Å². The molecule has 3 aromatic rings. The molecule has 9 nitrogen and oxygen atoms in total. The van der Waals surface area contributed by atoms with Gasteiger partial charge >= 0.3 is 0 Å². The topological polar surface area (TPSA) is 102 Å². The molecule has 0 spiro atoms. The Morgan fingerprint density at radius 2 is 1.64 bits per heavy atom. The predicted octanol–water partition coefficient (Wildman–Crippen LogP) is 2.51. The monoisotopic (exact) mass is 468 g/mol. The third-order valence-electron chi connectivity index (χ3n) is 4.78. The number of aromatic nitrogens is 1. The molecule has 4 rings (SSSR count). The van der Waals surface area contributed by atoms with Gasteiger partial charge in [-0.15, -0.1) is 11.3 Å². The van der Waals surface area contributed by atoms with Crippen LogP contribution in [-0.4, -0.2) is 56.3 Å². The summed E-state index contributed by atoms with van der Waals surface area (Å²) in [6, 6.07) is 16.2. The van der Waals surface area contributed by atoms with Crippen molar-refractivity contribution in [2.24, 2.45) is 0 Å². The Morgan fingerprint density at radius 1 is 0.939 bits per heavy atom. The van der Waals surface area contributed by atoms with Crippen molar-refractivity contribution in [3.8, 4) is 11.5 Å². The number of nitrogens with one attached hydrogen (secondary N) is 2. The van der Waals surface area contributed by atoms with Gasteiger partial charge in [0.05, 0.1) is 18.8 Å². The van der Waals surface area contributed by atoms with Crippen molar-refractivity contribution in [3.63, 3.8) is 0 Å². The van der Waals surface area contributed by atoms with E-state index in [9.17, 15) is 9.59 Å². The number of hydrogen-bond donors (Lipinski definition) is 2. The highest BCUT2D eigenvalue weighted by atomic mass is 32.1. The molecule has 0 bridgehead atoms. The number of thiazole rings is 1. The zero-order valence-corrected chi connectivity index (χ0v) is 18.7. The lowest BCUT2D eigenvalue weighted by atomic mass is 10.2. The number of para-hydroxylation sites is 2. The van der Waals surface area contributed by atoms with Crippen molar-refractivity contribution >= 4 is 28.3 Å². The third-order valence-corrected chi connectivity index (χ3v) is 5.68. The van der Waals surface area contributed by atoms with Crippen LogP contribution in [0.3, 0.4) is 0 Å². The summed E-state index contributed by atoms with van der Waals surface area (Å²) in [6.07, 6.45) is 0. The van der Waals surface area contributed by atoms with E-state index < -0.39 is 11.8 Å². The number of amides is 2. The standard InChI is InChI=1S/C23H24N4O5S/c28-21(25-26-22(29)19-16-33-23(24-19)27-10-12-30-13-11-27)18-8-4-5-9-20(18)32-15-14-31-17-6-2-1-3-7-17/h1-9,16H,10-15H2,(H,25,28)(H,26,29). The van der Waals surface area contributed by atoms with E-state index in [1.54, 1.807) is 29.6 Å². The summed E-state index contributed by atoms with van der Waals surface area (Å²) < 4.78 is 16.7. The summed E-state index contributed by atoms with van der Waals surface area (Å²) in [4.78, 5) is 31.5. The lowest BCUT2D eigenvalue weighted by Gasteiger charge is -2.25. The van der Waals surface area contributed by atoms with E-state index >= 15 is 0 Å². The van der Waals surface area contributed by atoms with E-state index in [1.807, 2.05) is 30.3 Å². The maximum Gasteiger partial charge on any atom is 0.289 e. The van der Waals surface area contributed by atoms with Gasteiger partial charge in [-0.2, -0.15) is 0 Å². The van der Waals surface area contributed by atoms with Crippen LogP contribution in [0.2, 0.25) is 0 Å². The van der Waals surface area contributed by atoms with Crippen molar-refractivity contribution in [1.82, 2.24) is 15.8 Å². The quantitative estimate of drug-likeness (QED) is 0.387. The molecular weight excluding hydrogens is 444 g/mol. The van der Waals surface area contributed by atoms with E-state index in [2.05, 4.69) is 20.7 Å². The molecule has 10 heteroatoms. The molecule has 0 radical (unpaired) electrons. The number of anilines is 1. The summed E-state index contributed by atoms with van der Waals surface area (Å²) in [5.74, 6) is 0.151. The fourth-order valence-electron chi connectivity index (χ4n) is 3.12. The normalized spacial score (nSPS) is 13.3. The van der Waals surface area contributed by atoms with Crippen LogP contribution in [0.25, 0.3) is 0 Å². The number of nitrogens with zero attached hydrogens (tertiary/aromatic N) is 2. The molecule has 2 N–H and O–H groups in total. The van der Waals surface area contributed by atoms with Crippen molar-refractivity contribution in [3.05, 3.63) is 71.2 Å². The van der Waals surface area contributed by atoms with Crippen LogP contribution in [0.4, 0.5) is 5.13 Å². The summed E-state index contributed by atoms with van der Waals surface area (Å²) in [7, 11) is 0. The number of hydrogen-bond acceptors (Lipinski definition) is 8. The number of carbonyl (C=O) groups excluding carboxylic acids is 2. The van der Waals surface area contributed by atoms with Crippen LogP contribution in [0.1, 0.15) is 20.8 Å². The van der Waals surface area contributed by atoms with E-state index in [-0.39, 0.29) is 12.3 Å². The SMILES string of the molecule is O=C(NNC(=O)c1ccccc1OCCOc1ccccc1)c1csc(N2CCOCC2)n1. The largest absolute Gasteiger partial charge is 0.490 e. The minimum Gasteiger partial charge on any atom is -0.490 e. The van der Waals surface area contributed by atoms with Crippen molar-refractivity contribution in [1.29, 1.82) is 0 Å². The van der Waals surface area contributed by atoms with Crippen molar-refractivity contribution in [2.75, 3.05) is 44.4 Å². The highest BCUT2D eigenvalue weighted by molar-refractivity contribution is 7.13. The second kappa shape index (κ2) is 11.3. The lowest BCUT2D eigenvalue weighted by Crippen LogP contribution is -2.42. The van der Waals surface area contributed by atoms with Gasteiger partial charge < -0.3 is 19.1 Å². The molecule has 1 aromatic heterocycles. The highest BCUT2D eigenvalue weighted by Crippen LogP contribution is 2.21. The molecule has 0 saturated carbocycles. The molecule has 0 unspecified atom stereocenters. The lowest BCUT2D eigenvalue weighted by molar-refractivity contribution is 0.0841. The van der Waals surface area contributed by atoms with Gasteiger partial charge in [-0.05, 0) is 24.3 Å². The second-order valence-corrected chi connectivity index (χ2v) is 7.87. The van der Waals surface area contributed by atoms with Gasteiger partial charge in [-0.1, -0.05) is 30.3 Å². The highest BCUT2D eigenvalue weighted by Gasteiger charge is 2.19. The van der Waals surface area contributed by atoms with Gasteiger partial charge in [-0.3, -0.25) is 20.4 Å². The molecular formula is C23H24N4O5S. The Labute approximate surface area is 195 Å². The van der Waals surface area contributed by atoms with Crippen LogP contribution in [-0.2, 0) is 4.74 Å². The predicted molar refractivity (Wildman–Crippen MR) is 124 cm³/mol. The molecule has 0 aliphatic carbocycles.